The number of aliphatic carboxylic acids is 1. The Balaban J connectivity index is 2.58. The van der Waals surface area contributed by atoms with E-state index >= 15 is 0 Å². The first-order chi connectivity index (χ1) is 9.55. The number of carbonyl (C=O) groups excluding carboxylic acids is 2. The van der Waals surface area contributed by atoms with E-state index in [4.69, 9.17) is 9.84 Å². The molecule has 6 heteroatoms. The molecule has 1 aliphatic rings. The highest BCUT2D eigenvalue weighted by Gasteiger charge is 2.68. The lowest BCUT2D eigenvalue weighted by Gasteiger charge is -2.15. The van der Waals surface area contributed by atoms with Crippen LogP contribution in [0, 0.1) is 16.7 Å². The highest BCUT2D eigenvalue weighted by Crippen LogP contribution is 2.68. The van der Waals surface area contributed by atoms with Gasteiger partial charge in [0.2, 0.25) is 5.91 Å². The van der Waals surface area contributed by atoms with Gasteiger partial charge in [0, 0.05) is 12.3 Å². The van der Waals surface area contributed by atoms with Crippen LogP contribution >= 0.6 is 0 Å². The minimum absolute atomic E-state index is 0.0253. The predicted octanol–water partition coefficient (Wildman–Crippen LogP) is 1.58. The third-order valence-corrected chi connectivity index (χ3v) is 4.84. The first-order valence-corrected chi connectivity index (χ1v) is 7.24. The number of amides is 1. The van der Waals surface area contributed by atoms with E-state index in [1.165, 1.54) is 0 Å². The van der Waals surface area contributed by atoms with Crippen LogP contribution in [0.25, 0.3) is 0 Å². The van der Waals surface area contributed by atoms with Crippen molar-refractivity contribution in [1.29, 1.82) is 0 Å². The average Bonchev–Trinajstić information content (AvgIpc) is 2.75. The Bertz CT molecular complexity index is 427. The van der Waals surface area contributed by atoms with Crippen molar-refractivity contribution < 1.29 is 24.2 Å². The van der Waals surface area contributed by atoms with Gasteiger partial charge in [0.05, 0.1) is 6.61 Å². The lowest BCUT2D eigenvalue weighted by molar-refractivity contribution is -0.145. The van der Waals surface area contributed by atoms with Gasteiger partial charge in [-0.2, -0.15) is 0 Å². The van der Waals surface area contributed by atoms with Gasteiger partial charge in [0.15, 0.2) is 0 Å². The number of carbonyl (C=O) groups is 3. The molecule has 0 aromatic heterocycles. The summed E-state index contributed by atoms with van der Waals surface area (Å²) in [5.41, 5.74) is -0.303. The van der Waals surface area contributed by atoms with Gasteiger partial charge in [-0.1, -0.05) is 27.7 Å². The van der Waals surface area contributed by atoms with Crippen LogP contribution in [0.3, 0.4) is 0 Å². The van der Waals surface area contributed by atoms with Crippen LogP contribution in [0.1, 0.15) is 47.5 Å². The molecule has 0 spiro atoms. The average molecular weight is 299 g/mol. The van der Waals surface area contributed by atoms with Crippen molar-refractivity contribution in [3.05, 3.63) is 0 Å². The van der Waals surface area contributed by atoms with Crippen LogP contribution in [0.4, 0.5) is 0 Å². The van der Waals surface area contributed by atoms with Gasteiger partial charge < -0.3 is 15.2 Å². The van der Waals surface area contributed by atoms with Crippen molar-refractivity contribution >= 4 is 17.8 Å². The number of nitrogens with one attached hydrogen (secondary N) is 1. The summed E-state index contributed by atoms with van der Waals surface area (Å²) in [5.74, 6) is -2.07. The van der Waals surface area contributed by atoms with Gasteiger partial charge >= 0.3 is 11.9 Å². The largest absolute Gasteiger partial charge is 0.480 e. The van der Waals surface area contributed by atoms with Gasteiger partial charge in [-0.25, -0.2) is 4.79 Å². The van der Waals surface area contributed by atoms with Crippen molar-refractivity contribution in [2.45, 2.75) is 53.5 Å². The Labute approximate surface area is 125 Å². The van der Waals surface area contributed by atoms with Crippen molar-refractivity contribution in [1.82, 2.24) is 5.32 Å². The lowest BCUT2D eigenvalue weighted by Crippen LogP contribution is -2.42. The van der Waals surface area contributed by atoms with Gasteiger partial charge in [0.1, 0.15) is 6.04 Å². The second-order valence-corrected chi connectivity index (χ2v) is 6.62. The first-order valence-electron chi connectivity index (χ1n) is 7.24. The van der Waals surface area contributed by atoms with Crippen molar-refractivity contribution in [3.63, 3.8) is 0 Å². The second kappa shape index (κ2) is 6.03. The van der Waals surface area contributed by atoms with E-state index < -0.39 is 18.0 Å². The summed E-state index contributed by atoms with van der Waals surface area (Å²) >= 11 is 0. The predicted molar refractivity (Wildman–Crippen MR) is 76.5 cm³/mol. The number of ether oxygens (including phenoxy) is 1. The molecule has 6 nitrogen and oxygen atoms in total. The SMILES string of the molecule is CCOC(=O)CC[C@H](NC(=O)C1C(C)(C)C1(C)C)C(=O)O. The van der Waals surface area contributed by atoms with E-state index in [-0.39, 0.29) is 42.1 Å². The molecule has 1 amide bonds. The molecule has 120 valence electrons. The number of rotatable bonds is 7. The van der Waals surface area contributed by atoms with Crippen LogP contribution < -0.4 is 5.32 Å². The molecule has 1 fully saturated rings. The minimum Gasteiger partial charge on any atom is -0.480 e. The van der Waals surface area contributed by atoms with Crippen molar-refractivity contribution in [3.8, 4) is 0 Å². The summed E-state index contributed by atoms with van der Waals surface area (Å²) in [6.07, 6.45) is 0.00994. The van der Waals surface area contributed by atoms with E-state index in [9.17, 15) is 14.4 Å². The molecule has 21 heavy (non-hydrogen) atoms. The van der Waals surface area contributed by atoms with Crippen LogP contribution in [0.15, 0.2) is 0 Å². The van der Waals surface area contributed by atoms with Gasteiger partial charge in [-0.3, -0.25) is 9.59 Å². The van der Waals surface area contributed by atoms with Crippen molar-refractivity contribution in [2.24, 2.45) is 16.7 Å². The molecule has 1 saturated carbocycles. The smallest absolute Gasteiger partial charge is 0.326 e. The van der Waals surface area contributed by atoms with Crippen LogP contribution in [-0.2, 0) is 19.1 Å². The number of esters is 1. The Morgan fingerprint density at radius 3 is 2.10 bits per heavy atom. The van der Waals surface area contributed by atoms with Crippen LogP contribution in [0.5, 0.6) is 0 Å². The molecule has 0 aliphatic heterocycles. The van der Waals surface area contributed by atoms with Crippen molar-refractivity contribution in [2.75, 3.05) is 6.61 Å². The minimum atomic E-state index is -1.14. The molecule has 0 unspecified atom stereocenters. The topological polar surface area (TPSA) is 92.7 Å². The zero-order chi connectivity index (χ0) is 16.4. The summed E-state index contributed by atoms with van der Waals surface area (Å²) < 4.78 is 4.76. The summed E-state index contributed by atoms with van der Waals surface area (Å²) in [6, 6.07) is -1.06. The molecule has 1 atom stereocenters. The molecule has 2 N–H and O–H groups in total. The van der Waals surface area contributed by atoms with E-state index in [1.807, 2.05) is 27.7 Å². The molecule has 0 aromatic carbocycles. The van der Waals surface area contributed by atoms with E-state index in [0.29, 0.717) is 0 Å². The second-order valence-electron chi connectivity index (χ2n) is 6.62. The van der Waals surface area contributed by atoms with E-state index in [0.717, 1.165) is 0 Å². The normalized spacial score (nSPS) is 20.4. The number of carboxylic acid groups (broad SMARTS) is 1. The van der Waals surface area contributed by atoms with Crippen LogP contribution in [0.2, 0.25) is 0 Å². The Kier molecular flexibility index (Phi) is 5.02. The molecule has 0 heterocycles. The summed E-state index contributed by atoms with van der Waals surface area (Å²) in [5, 5.41) is 11.7. The Hall–Kier alpha value is -1.59. The van der Waals surface area contributed by atoms with Gasteiger partial charge in [-0.15, -0.1) is 0 Å². The highest BCUT2D eigenvalue weighted by molar-refractivity contribution is 5.88. The van der Waals surface area contributed by atoms with Gasteiger partial charge in [0.25, 0.3) is 0 Å². The fraction of sp³-hybridized carbons (Fsp3) is 0.800. The third-order valence-electron chi connectivity index (χ3n) is 4.84. The molecule has 0 bridgehead atoms. The number of carboxylic acids is 1. The first kappa shape index (κ1) is 17.5. The molecule has 0 aromatic rings. The molecule has 0 radical (unpaired) electrons. The fourth-order valence-corrected chi connectivity index (χ4v) is 2.86. The molecule has 0 saturated heterocycles. The number of hydrogen-bond donors (Lipinski definition) is 2. The highest BCUT2D eigenvalue weighted by atomic mass is 16.5. The zero-order valence-electron chi connectivity index (χ0n) is 13.4. The lowest BCUT2D eigenvalue weighted by atomic mass is 10.0. The molecular weight excluding hydrogens is 274 g/mol. The molecule has 1 rings (SSSR count). The van der Waals surface area contributed by atoms with Gasteiger partial charge in [-0.05, 0) is 24.2 Å². The summed E-state index contributed by atoms with van der Waals surface area (Å²) in [6.45, 7) is 9.91. The quantitative estimate of drug-likeness (QED) is 0.696. The van der Waals surface area contributed by atoms with E-state index in [2.05, 4.69) is 5.32 Å². The Morgan fingerprint density at radius 1 is 1.19 bits per heavy atom. The number of hydrogen-bond acceptors (Lipinski definition) is 4. The molecular formula is C15H25NO5. The van der Waals surface area contributed by atoms with Crippen LogP contribution in [-0.4, -0.2) is 35.6 Å². The standard InChI is InChI=1S/C15H25NO5/c1-6-21-10(17)8-7-9(13(19)20)16-12(18)11-14(2,3)15(11,4)5/h9,11H,6-8H2,1-5H3,(H,16,18)(H,19,20)/t9-/m0/s1. The molecule has 1 aliphatic carbocycles. The summed E-state index contributed by atoms with van der Waals surface area (Å²) in [4.78, 5) is 34.7. The maximum Gasteiger partial charge on any atom is 0.326 e. The maximum absolute atomic E-state index is 12.2. The summed E-state index contributed by atoms with van der Waals surface area (Å²) in [7, 11) is 0. The zero-order valence-corrected chi connectivity index (χ0v) is 13.4. The fourth-order valence-electron chi connectivity index (χ4n) is 2.86. The monoisotopic (exact) mass is 299 g/mol. The van der Waals surface area contributed by atoms with E-state index in [1.54, 1.807) is 6.92 Å². The third kappa shape index (κ3) is 3.54. The Morgan fingerprint density at radius 2 is 1.71 bits per heavy atom. The maximum atomic E-state index is 12.2.